The summed E-state index contributed by atoms with van der Waals surface area (Å²) in [6.07, 6.45) is 7.65. The molecule has 0 amide bonds. The van der Waals surface area contributed by atoms with Crippen LogP contribution < -0.4 is 21.1 Å². The maximum absolute atomic E-state index is 6.36. The molecule has 154 valence electrons. The van der Waals surface area contributed by atoms with Crippen LogP contribution in [0.15, 0.2) is 116 Å². The molecule has 2 aliphatic rings. The highest BCUT2D eigenvalue weighted by atomic mass is 16.5. The number of fused-ring (bicyclic) bond motifs is 8. The van der Waals surface area contributed by atoms with Gasteiger partial charge in [0.25, 0.3) is 0 Å². The van der Waals surface area contributed by atoms with Gasteiger partial charge >= 0.3 is 0 Å². The topological polar surface area (TPSA) is 35.0 Å². The van der Waals surface area contributed by atoms with Crippen molar-refractivity contribution >= 4 is 23.1 Å². The highest BCUT2D eigenvalue weighted by molar-refractivity contribution is 6.96. The highest BCUT2D eigenvalue weighted by Gasteiger charge is 2.52. The van der Waals surface area contributed by atoms with E-state index in [-0.39, 0.29) is 6.71 Å². The molecule has 2 aromatic heterocycles. The molecule has 0 aliphatic carbocycles. The average molecular weight is 422 g/mol. The average Bonchev–Trinajstić information content (AvgIpc) is 2.89. The van der Waals surface area contributed by atoms with Gasteiger partial charge in [-0.2, -0.15) is 0 Å². The molecule has 4 heterocycles. The zero-order valence-electron chi connectivity index (χ0n) is 17.8. The van der Waals surface area contributed by atoms with Gasteiger partial charge in [0, 0.05) is 29.7 Å². The van der Waals surface area contributed by atoms with Crippen LogP contribution in [0.1, 0.15) is 22.3 Å². The van der Waals surface area contributed by atoms with E-state index in [9.17, 15) is 0 Å². The molecule has 0 saturated carbocycles. The largest absolute Gasteiger partial charge is 0.455 e. The summed E-state index contributed by atoms with van der Waals surface area (Å²) in [6.45, 7) is 0.131. The molecular weight excluding hydrogens is 403 g/mol. The van der Waals surface area contributed by atoms with Gasteiger partial charge in [0.2, 0.25) is 6.71 Å². The van der Waals surface area contributed by atoms with Gasteiger partial charge in [-0.3, -0.25) is 9.97 Å². The quantitative estimate of drug-likeness (QED) is 0.378. The van der Waals surface area contributed by atoms with Crippen molar-refractivity contribution < 1.29 is 4.74 Å². The number of aromatic nitrogens is 2. The number of nitrogens with zero attached hydrogens (tertiary/aromatic N) is 2. The summed E-state index contributed by atoms with van der Waals surface area (Å²) in [5, 5.41) is 0. The maximum atomic E-state index is 6.36. The van der Waals surface area contributed by atoms with Crippen molar-refractivity contribution in [2.75, 3.05) is 0 Å². The predicted octanol–water partition coefficient (Wildman–Crippen LogP) is 3.79. The molecule has 0 N–H and O–H groups in total. The highest BCUT2D eigenvalue weighted by Crippen LogP contribution is 2.54. The first-order valence-corrected chi connectivity index (χ1v) is 11.2. The Labute approximate surface area is 192 Å². The van der Waals surface area contributed by atoms with E-state index >= 15 is 0 Å². The van der Waals surface area contributed by atoms with Crippen LogP contribution in [0.25, 0.3) is 0 Å². The summed E-state index contributed by atoms with van der Waals surface area (Å²) in [5.74, 6) is 1.65. The lowest BCUT2D eigenvalue weighted by Gasteiger charge is -2.46. The molecule has 5 aromatic rings. The Balaban J connectivity index is 1.67. The van der Waals surface area contributed by atoms with E-state index in [1.54, 1.807) is 0 Å². The third-order valence-corrected chi connectivity index (χ3v) is 7.08. The molecule has 0 radical (unpaired) electrons. The van der Waals surface area contributed by atoms with Crippen LogP contribution in [-0.4, -0.2) is 16.7 Å². The SMILES string of the molecule is c1ccc(B2c3ccccc3C3(c4ccccc4Oc4cnccc43)c3cnccc32)cc1. The van der Waals surface area contributed by atoms with Crippen LogP contribution in [0.2, 0.25) is 0 Å². The molecule has 1 atom stereocenters. The summed E-state index contributed by atoms with van der Waals surface area (Å²) in [5.41, 5.74) is 8.03. The molecule has 1 unspecified atom stereocenters. The smallest absolute Gasteiger partial charge is 0.242 e. The van der Waals surface area contributed by atoms with Crippen LogP contribution in [0.4, 0.5) is 0 Å². The molecule has 3 nitrogen and oxygen atoms in total. The first-order valence-electron chi connectivity index (χ1n) is 11.2. The Hall–Kier alpha value is -4.18. The van der Waals surface area contributed by atoms with Gasteiger partial charge in [-0.25, -0.2) is 0 Å². The number of hydrogen-bond donors (Lipinski definition) is 0. The number of benzene rings is 3. The van der Waals surface area contributed by atoms with Crippen molar-refractivity contribution in [3.63, 3.8) is 0 Å². The standard InChI is InChI=1S/C29H19BN2O/c1-2-8-20(9-3-1)30-25-12-6-4-10-21(25)29(24-18-31-17-15-26(24)30)22-11-5-7-13-27(22)33-28-19-32-16-14-23(28)29/h1-19H. The summed E-state index contributed by atoms with van der Waals surface area (Å²) in [4.78, 5) is 9.02. The number of para-hydroxylation sites is 1. The van der Waals surface area contributed by atoms with Gasteiger partial charge in [0.15, 0.2) is 5.75 Å². The van der Waals surface area contributed by atoms with E-state index in [2.05, 4.69) is 94.9 Å². The molecule has 0 saturated heterocycles. The molecule has 0 bridgehead atoms. The van der Waals surface area contributed by atoms with Crippen molar-refractivity contribution in [3.05, 3.63) is 138 Å². The van der Waals surface area contributed by atoms with Crippen LogP contribution in [0, 0.1) is 0 Å². The zero-order valence-corrected chi connectivity index (χ0v) is 17.8. The lowest BCUT2D eigenvalue weighted by molar-refractivity contribution is 0.432. The van der Waals surface area contributed by atoms with Gasteiger partial charge in [0.1, 0.15) is 5.75 Å². The summed E-state index contributed by atoms with van der Waals surface area (Å²) >= 11 is 0. The second-order valence-corrected chi connectivity index (χ2v) is 8.61. The minimum absolute atomic E-state index is 0.131. The molecule has 7 rings (SSSR count). The minimum Gasteiger partial charge on any atom is -0.455 e. The lowest BCUT2D eigenvalue weighted by atomic mass is 9.30. The molecule has 0 fully saturated rings. The van der Waals surface area contributed by atoms with E-state index in [1.165, 1.54) is 27.5 Å². The monoisotopic (exact) mass is 422 g/mol. The van der Waals surface area contributed by atoms with Crippen molar-refractivity contribution in [1.29, 1.82) is 0 Å². The first kappa shape index (κ1) is 18.4. The van der Waals surface area contributed by atoms with Crippen LogP contribution in [0.3, 0.4) is 0 Å². The van der Waals surface area contributed by atoms with Crippen molar-refractivity contribution in [2.24, 2.45) is 0 Å². The van der Waals surface area contributed by atoms with E-state index < -0.39 is 5.41 Å². The molecule has 1 spiro atoms. The van der Waals surface area contributed by atoms with Crippen molar-refractivity contribution in [2.45, 2.75) is 5.41 Å². The van der Waals surface area contributed by atoms with E-state index in [4.69, 9.17) is 4.74 Å². The normalized spacial score (nSPS) is 17.4. The van der Waals surface area contributed by atoms with Crippen LogP contribution >= 0.6 is 0 Å². The number of pyridine rings is 2. The third-order valence-electron chi connectivity index (χ3n) is 7.08. The molecule has 2 aliphatic heterocycles. The van der Waals surface area contributed by atoms with Crippen molar-refractivity contribution in [1.82, 2.24) is 9.97 Å². The Kier molecular flexibility index (Phi) is 3.85. The number of hydrogen-bond acceptors (Lipinski definition) is 3. The fraction of sp³-hybridized carbons (Fsp3) is 0.0345. The van der Waals surface area contributed by atoms with Gasteiger partial charge < -0.3 is 4.74 Å². The maximum Gasteiger partial charge on any atom is 0.242 e. The van der Waals surface area contributed by atoms with Gasteiger partial charge in [-0.15, -0.1) is 0 Å². The van der Waals surface area contributed by atoms with Gasteiger partial charge in [-0.1, -0.05) is 89.2 Å². The van der Waals surface area contributed by atoms with E-state index in [1.807, 2.05) is 30.9 Å². The van der Waals surface area contributed by atoms with Crippen LogP contribution in [0.5, 0.6) is 11.5 Å². The van der Waals surface area contributed by atoms with E-state index in [0.29, 0.717) is 0 Å². The zero-order chi connectivity index (χ0) is 21.8. The third kappa shape index (κ3) is 2.41. The predicted molar refractivity (Wildman–Crippen MR) is 132 cm³/mol. The molecule has 4 heteroatoms. The summed E-state index contributed by atoms with van der Waals surface area (Å²) in [6, 6.07) is 32.2. The second-order valence-electron chi connectivity index (χ2n) is 8.61. The lowest BCUT2D eigenvalue weighted by Crippen LogP contribution is -2.62. The Morgan fingerprint density at radius 1 is 0.545 bits per heavy atom. The minimum atomic E-state index is -0.529. The Morgan fingerprint density at radius 2 is 1.21 bits per heavy atom. The Morgan fingerprint density at radius 3 is 2.12 bits per heavy atom. The molecular formula is C29H19BN2O. The van der Waals surface area contributed by atoms with E-state index in [0.717, 1.165) is 22.6 Å². The first-order chi connectivity index (χ1) is 16.4. The number of rotatable bonds is 1. The van der Waals surface area contributed by atoms with Crippen molar-refractivity contribution in [3.8, 4) is 11.5 Å². The molecule has 33 heavy (non-hydrogen) atoms. The van der Waals surface area contributed by atoms with Crippen LogP contribution in [-0.2, 0) is 5.41 Å². The van der Waals surface area contributed by atoms with Gasteiger partial charge in [0.05, 0.1) is 11.6 Å². The van der Waals surface area contributed by atoms with Gasteiger partial charge in [-0.05, 0) is 29.3 Å². The fourth-order valence-electron chi connectivity index (χ4n) is 5.86. The fourth-order valence-corrected chi connectivity index (χ4v) is 5.86. The number of ether oxygens (including phenoxy) is 1. The summed E-state index contributed by atoms with van der Waals surface area (Å²) in [7, 11) is 0. The Bertz CT molecular complexity index is 1420. The summed E-state index contributed by atoms with van der Waals surface area (Å²) < 4.78 is 6.36. The molecule has 3 aromatic carbocycles. The second kappa shape index (κ2) is 6.91.